The number of nitrogens with zero attached hydrogens (tertiary/aromatic N) is 2. The lowest BCUT2D eigenvalue weighted by molar-refractivity contribution is 0.0564. The Morgan fingerprint density at radius 1 is 1.67 bits per heavy atom. The monoisotopic (exact) mass is 150 g/mol. The van der Waals surface area contributed by atoms with E-state index in [1.165, 1.54) is 6.20 Å². The van der Waals surface area contributed by atoms with E-state index < -0.39 is 6.55 Å². The van der Waals surface area contributed by atoms with E-state index in [4.69, 9.17) is 0 Å². The minimum atomic E-state index is -2.56. The highest BCUT2D eigenvalue weighted by molar-refractivity contribution is 7.80. The van der Waals surface area contributed by atoms with Gasteiger partial charge < -0.3 is 0 Å². The highest BCUT2D eigenvalue weighted by atomic mass is 32.1. The lowest BCUT2D eigenvalue weighted by Crippen LogP contribution is -1.96. The Balaban J connectivity index is 2.85. The van der Waals surface area contributed by atoms with Crippen LogP contribution in [-0.2, 0) is 0 Å². The Morgan fingerprint density at radius 3 is 2.56 bits per heavy atom. The van der Waals surface area contributed by atoms with Crippen molar-refractivity contribution in [2.45, 2.75) is 11.4 Å². The fourth-order valence-electron chi connectivity index (χ4n) is 0.435. The first-order valence-electron chi connectivity index (χ1n) is 2.21. The summed E-state index contributed by atoms with van der Waals surface area (Å²) in [5, 5.41) is 3.31. The van der Waals surface area contributed by atoms with Gasteiger partial charge in [-0.3, -0.25) is 0 Å². The molecule has 0 aliphatic rings. The number of hydrogen-bond acceptors (Lipinski definition) is 2. The van der Waals surface area contributed by atoms with Crippen molar-refractivity contribution in [1.29, 1.82) is 0 Å². The van der Waals surface area contributed by atoms with Crippen LogP contribution in [-0.4, -0.2) is 9.78 Å². The van der Waals surface area contributed by atoms with Crippen LogP contribution in [0.2, 0.25) is 0 Å². The van der Waals surface area contributed by atoms with E-state index in [-0.39, 0.29) is 0 Å². The molecule has 0 saturated carbocycles. The Bertz CT molecular complexity index is 198. The summed E-state index contributed by atoms with van der Waals surface area (Å²) >= 11 is 3.78. The number of aromatic nitrogens is 2. The number of thiol groups is 1. The standard InChI is InChI=1S/C4H4F2N2S/c5-4(6)8-2-3(9)1-7-8/h1-2,4,9H. The Hall–Kier alpha value is -0.580. The first-order chi connectivity index (χ1) is 4.20. The van der Waals surface area contributed by atoms with Crippen LogP contribution in [0.25, 0.3) is 0 Å². The van der Waals surface area contributed by atoms with E-state index in [0.717, 1.165) is 6.20 Å². The summed E-state index contributed by atoms with van der Waals surface area (Å²) in [5.74, 6) is 0. The number of halogens is 2. The normalized spacial score (nSPS) is 10.7. The van der Waals surface area contributed by atoms with Crippen LogP contribution < -0.4 is 0 Å². The first-order valence-corrected chi connectivity index (χ1v) is 2.66. The summed E-state index contributed by atoms with van der Waals surface area (Å²) < 4.78 is 23.8. The van der Waals surface area contributed by atoms with E-state index in [9.17, 15) is 8.78 Å². The van der Waals surface area contributed by atoms with Crippen LogP contribution in [0.15, 0.2) is 17.3 Å². The second-order valence-electron chi connectivity index (χ2n) is 1.46. The third-order valence-electron chi connectivity index (χ3n) is 0.788. The van der Waals surface area contributed by atoms with Crippen molar-refractivity contribution in [3.05, 3.63) is 12.4 Å². The molecule has 9 heavy (non-hydrogen) atoms. The van der Waals surface area contributed by atoms with E-state index in [1.54, 1.807) is 0 Å². The molecule has 0 aliphatic carbocycles. The second kappa shape index (κ2) is 2.34. The molecule has 0 unspecified atom stereocenters. The van der Waals surface area contributed by atoms with Crippen LogP contribution in [0.3, 0.4) is 0 Å². The maximum absolute atomic E-state index is 11.6. The fourth-order valence-corrected chi connectivity index (χ4v) is 0.605. The van der Waals surface area contributed by atoms with Crippen molar-refractivity contribution in [2.75, 3.05) is 0 Å². The smallest absolute Gasteiger partial charge is 0.211 e. The van der Waals surface area contributed by atoms with Crippen LogP contribution in [0, 0.1) is 0 Å². The second-order valence-corrected chi connectivity index (χ2v) is 1.97. The van der Waals surface area contributed by atoms with Gasteiger partial charge in [0.2, 0.25) is 0 Å². The fraction of sp³-hybridized carbons (Fsp3) is 0.250. The summed E-state index contributed by atoms with van der Waals surface area (Å²) in [4.78, 5) is 0.440. The van der Waals surface area contributed by atoms with Gasteiger partial charge in [-0.15, -0.1) is 12.6 Å². The van der Waals surface area contributed by atoms with Gasteiger partial charge in [0, 0.05) is 11.1 Å². The molecule has 0 radical (unpaired) electrons. The Morgan fingerprint density at radius 2 is 2.33 bits per heavy atom. The van der Waals surface area contributed by atoms with Gasteiger partial charge in [0.05, 0.1) is 6.20 Å². The molecule has 0 spiro atoms. The average molecular weight is 150 g/mol. The van der Waals surface area contributed by atoms with Crippen LogP contribution in [0.1, 0.15) is 6.55 Å². The summed E-state index contributed by atoms with van der Waals surface area (Å²) in [6, 6.07) is 0. The minimum Gasteiger partial charge on any atom is -0.211 e. The molecule has 0 aliphatic heterocycles. The maximum Gasteiger partial charge on any atom is 0.333 e. The van der Waals surface area contributed by atoms with Crippen molar-refractivity contribution in [3.8, 4) is 0 Å². The number of rotatable bonds is 1. The van der Waals surface area contributed by atoms with Crippen molar-refractivity contribution in [1.82, 2.24) is 9.78 Å². The highest BCUT2D eigenvalue weighted by Crippen LogP contribution is 2.10. The summed E-state index contributed by atoms with van der Waals surface area (Å²) in [6.45, 7) is -2.56. The van der Waals surface area contributed by atoms with Gasteiger partial charge in [0.15, 0.2) is 0 Å². The molecule has 0 atom stereocenters. The van der Waals surface area contributed by atoms with Crippen LogP contribution in [0.5, 0.6) is 0 Å². The van der Waals surface area contributed by atoms with Crippen LogP contribution in [0.4, 0.5) is 8.78 Å². The molecule has 5 heteroatoms. The van der Waals surface area contributed by atoms with Gasteiger partial charge in [-0.2, -0.15) is 13.9 Å². The zero-order valence-corrected chi connectivity index (χ0v) is 5.22. The van der Waals surface area contributed by atoms with Crippen molar-refractivity contribution in [3.63, 3.8) is 0 Å². The van der Waals surface area contributed by atoms with Gasteiger partial charge >= 0.3 is 6.55 Å². The molecule has 50 valence electrons. The number of hydrogen-bond donors (Lipinski definition) is 1. The minimum absolute atomic E-state index is 0.440. The van der Waals surface area contributed by atoms with E-state index in [0.29, 0.717) is 9.58 Å². The molecular weight excluding hydrogens is 146 g/mol. The lowest BCUT2D eigenvalue weighted by Gasteiger charge is -1.93. The molecule has 1 rings (SSSR count). The van der Waals surface area contributed by atoms with Crippen molar-refractivity contribution < 1.29 is 8.78 Å². The van der Waals surface area contributed by atoms with E-state index >= 15 is 0 Å². The molecule has 2 nitrogen and oxygen atoms in total. The molecule has 1 heterocycles. The summed E-state index contributed by atoms with van der Waals surface area (Å²) in [7, 11) is 0. The number of alkyl halides is 2. The maximum atomic E-state index is 11.6. The van der Waals surface area contributed by atoms with Gasteiger partial charge in [0.1, 0.15) is 0 Å². The highest BCUT2D eigenvalue weighted by Gasteiger charge is 2.04. The predicted molar refractivity (Wildman–Crippen MR) is 30.7 cm³/mol. The zero-order valence-electron chi connectivity index (χ0n) is 4.33. The largest absolute Gasteiger partial charge is 0.333 e. The lowest BCUT2D eigenvalue weighted by atomic mass is 10.7. The average Bonchev–Trinajstić information content (AvgIpc) is 2.14. The molecule has 1 aromatic rings. The zero-order chi connectivity index (χ0) is 6.85. The third-order valence-corrected chi connectivity index (χ3v) is 1.02. The predicted octanol–water partition coefficient (Wildman–Crippen LogP) is 1.57. The SMILES string of the molecule is FC(F)n1cc(S)cn1. The molecule has 0 amide bonds. The topological polar surface area (TPSA) is 17.8 Å². The van der Waals surface area contributed by atoms with Gasteiger partial charge in [-0.05, 0) is 0 Å². The molecule has 1 aromatic heterocycles. The molecule has 0 saturated heterocycles. The molecule has 0 fully saturated rings. The van der Waals surface area contributed by atoms with Crippen LogP contribution >= 0.6 is 12.6 Å². The Labute approximate surface area is 55.9 Å². The third kappa shape index (κ3) is 1.41. The quantitative estimate of drug-likeness (QED) is 0.601. The first kappa shape index (κ1) is 6.54. The molecule has 0 bridgehead atoms. The van der Waals surface area contributed by atoms with Gasteiger partial charge in [-0.25, -0.2) is 4.68 Å². The van der Waals surface area contributed by atoms with Gasteiger partial charge in [-0.1, -0.05) is 0 Å². The van der Waals surface area contributed by atoms with Crippen molar-refractivity contribution >= 4 is 12.6 Å². The molecule has 0 N–H and O–H groups in total. The summed E-state index contributed by atoms with van der Waals surface area (Å²) in [5.41, 5.74) is 0. The van der Waals surface area contributed by atoms with E-state index in [1.807, 2.05) is 0 Å². The summed E-state index contributed by atoms with van der Waals surface area (Å²) in [6.07, 6.45) is 2.42. The molecular formula is C4H4F2N2S. The Kier molecular flexibility index (Phi) is 1.70. The van der Waals surface area contributed by atoms with Crippen molar-refractivity contribution in [2.24, 2.45) is 0 Å². The van der Waals surface area contributed by atoms with E-state index in [2.05, 4.69) is 17.7 Å². The molecule has 0 aromatic carbocycles. The van der Waals surface area contributed by atoms with Gasteiger partial charge in [0.25, 0.3) is 0 Å².